The lowest BCUT2D eigenvalue weighted by atomic mass is 10.3. The van der Waals surface area contributed by atoms with Crippen molar-refractivity contribution >= 4 is 39.6 Å². The first kappa shape index (κ1) is 14.9. The van der Waals surface area contributed by atoms with Gasteiger partial charge in [0.25, 0.3) is 0 Å². The second-order valence-corrected chi connectivity index (χ2v) is 5.34. The van der Waals surface area contributed by atoms with Crippen LogP contribution in [-0.2, 0) is 9.59 Å². The smallest absolute Gasteiger partial charge is 0.327 e. The van der Waals surface area contributed by atoms with Crippen LogP contribution >= 0.6 is 27.7 Å². The Kier molecular flexibility index (Phi) is 5.54. The first-order valence-corrected chi connectivity index (χ1v) is 6.80. The first-order valence-electron chi connectivity index (χ1n) is 5.02. The van der Waals surface area contributed by atoms with E-state index in [9.17, 15) is 9.59 Å². The minimum atomic E-state index is -1.07. The third kappa shape index (κ3) is 4.61. The molecule has 0 saturated carbocycles. The molecule has 18 heavy (non-hydrogen) atoms. The number of rotatable bonds is 5. The van der Waals surface area contributed by atoms with Crippen molar-refractivity contribution in [3.8, 4) is 0 Å². The van der Waals surface area contributed by atoms with Crippen LogP contribution in [0.1, 0.15) is 12.7 Å². The van der Waals surface area contributed by atoms with Crippen LogP contribution < -0.4 is 5.32 Å². The fraction of sp³-hybridized carbons (Fsp3) is 0.400. The molecular formula is C10H12BrN3O3S. The average molecular weight is 334 g/mol. The zero-order valence-corrected chi connectivity index (χ0v) is 12.2. The summed E-state index contributed by atoms with van der Waals surface area (Å²) in [4.78, 5) is 30.0. The van der Waals surface area contributed by atoms with Crippen LogP contribution in [-0.4, -0.2) is 38.7 Å². The molecule has 0 aliphatic heterocycles. The lowest BCUT2D eigenvalue weighted by Gasteiger charge is -2.12. The molecule has 6 nitrogen and oxygen atoms in total. The Morgan fingerprint density at radius 3 is 2.83 bits per heavy atom. The number of aryl methyl sites for hydroxylation is 1. The van der Waals surface area contributed by atoms with Crippen LogP contribution in [0, 0.1) is 6.92 Å². The molecular weight excluding hydrogens is 322 g/mol. The largest absolute Gasteiger partial charge is 0.480 e. The van der Waals surface area contributed by atoms with Crippen LogP contribution in [0.4, 0.5) is 0 Å². The van der Waals surface area contributed by atoms with Gasteiger partial charge in [-0.2, -0.15) is 0 Å². The van der Waals surface area contributed by atoms with E-state index in [1.54, 1.807) is 13.1 Å². The number of carboxylic acid groups (broad SMARTS) is 1. The zero-order valence-electron chi connectivity index (χ0n) is 9.81. The fourth-order valence-corrected chi connectivity index (χ4v) is 2.59. The van der Waals surface area contributed by atoms with Gasteiger partial charge in [0.1, 0.15) is 16.9 Å². The highest BCUT2D eigenvalue weighted by Crippen LogP contribution is 2.25. The maximum Gasteiger partial charge on any atom is 0.327 e. The molecule has 0 radical (unpaired) electrons. The molecule has 0 aliphatic carbocycles. The first-order chi connectivity index (χ1) is 8.40. The van der Waals surface area contributed by atoms with E-state index < -0.39 is 12.0 Å². The number of aromatic nitrogens is 2. The van der Waals surface area contributed by atoms with Crippen LogP contribution in [0.15, 0.2) is 15.7 Å². The molecule has 0 fully saturated rings. The number of hydrogen-bond donors (Lipinski definition) is 2. The second-order valence-electron chi connectivity index (χ2n) is 3.47. The van der Waals surface area contributed by atoms with Gasteiger partial charge in [0.15, 0.2) is 0 Å². The number of thioether (sulfide) groups is 1. The average Bonchev–Trinajstić information content (AvgIpc) is 2.27. The molecule has 98 valence electrons. The van der Waals surface area contributed by atoms with Gasteiger partial charge in [-0.05, 0) is 22.9 Å². The Morgan fingerprint density at radius 1 is 1.61 bits per heavy atom. The van der Waals surface area contributed by atoms with Crippen molar-refractivity contribution in [2.24, 2.45) is 0 Å². The number of nitrogens with zero attached hydrogens (tertiary/aromatic N) is 2. The van der Waals surface area contributed by atoms with E-state index in [2.05, 4.69) is 31.2 Å². The molecule has 0 aromatic carbocycles. The molecule has 1 atom stereocenters. The summed E-state index contributed by atoms with van der Waals surface area (Å²) in [5, 5.41) is 12.0. The maximum absolute atomic E-state index is 10.9. The number of carbonyl (C=O) groups excluding carboxylic acids is 1. The molecule has 0 bridgehead atoms. The Labute approximate surface area is 117 Å². The van der Waals surface area contributed by atoms with Gasteiger partial charge in [0.2, 0.25) is 5.91 Å². The van der Waals surface area contributed by atoms with Gasteiger partial charge in [-0.25, -0.2) is 14.8 Å². The minimum Gasteiger partial charge on any atom is -0.480 e. The number of nitrogens with one attached hydrogen (secondary N) is 1. The van der Waals surface area contributed by atoms with E-state index in [-0.39, 0.29) is 11.7 Å². The molecule has 0 unspecified atom stereocenters. The topological polar surface area (TPSA) is 92.2 Å². The van der Waals surface area contributed by atoms with Gasteiger partial charge < -0.3 is 10.4 Å². The number of carbonyl (C=O) groups is 2. The molecule has 1 rings (SSSR count). The van der Waals surface area contributed by atoms with Crippen molar-refractivity contribution in [3.05, 3.63) is 16.5 Å². The number of amides is 1. The van der Waals surface area contributed by atoms with Crippen LogP contribution in [0.25, 0.3) is 0 Å². The Morgan fingerprint density at radius 2 is 2.28 bits per heavy atom. The molecule has 1 heterocycles. The minimum absolute atomic E-state index is 0.198. The summed E-state index contributed by atoms with van der Waals surface area (Å²) in [6.07, 6.45) is 1.61. The Bertz CT molecular complexity index is 470. The number of hydrogen-bond acceptors (Lipinski definition) is 5. The summed E-state index contributed by atoms with van der Waals surface area (Å²) in [5.74, 6) is -0.642. The van der Waals surface area contributed by atoms with Gasteiger partial charge >= 0.3 is 5.97 Å². The predicted molar refractivity (Wildman–Crippen MR) is 70.4 cm³/mol. The molecule has 0 aliphatic rings. The molecule has 8 heteroatoms. The second kappa shape index (κ2) is 6.69. The Hall–Kier alpha value is -1.15. The van der Waals surface area contributed by atoms with E-state index in [1.165, 1.54) is 18.7 Å². The summed E-state index contributed by atoms with van der Waals surface area (Å²) >= 11 is 4.53. The molecule has 2 N–H and O–H groups in total. The van der Waals surface area contributed by atoms with E-state index in [0.29, 0.717) is 15.3 Å². The summed E-state index contributed by atoms with van der Waals surface area (Å²) < 4.78 is 0.699. The lowest BCUT2D eigenvalue weighted by molar-refractivity contribution is -0.140. The summed E-state index contributed by atoms with van der Waals surface area (Å²) in [7, 11) is 0. The normalized spacial score (nSPS) is 11.9. The molecule has 0 saturated heterocycles. The number of aliphatic carboxylic acids is 1. The van der Waals surface area contributed by atoms with Gasteiger partial charge in [-0.3, -0.25) is 4.79 Å². The van der Waals surface area contributed by atoms with E-state index in [4.69, 9.17) is 5.11 Å². The standard InChI is InChI=1S/C10H12BrN3O3S/c1-5-12-3-7(11)9(13-5)18-4-8(10(16)17)14-6(2)15/h3,8H,4H2,1-2H3,(H,14,15)(H,16,17)/t8-/m1/s1. The van der Waals surface area contributed by atoms with Crippen LogP contribution in [0.2, 0.25) is 0 Å². The van der Waals surface area contributed by atoms with E-state index in [1.807, 2.05) is 0 Å². The van der Waals surface area contributed by atoms with Crippen molar-refractivity contribution in [1.29, 1.82) is 0 Å². The maximum atomic E-state index is 10.9. The highest BCUT2D eigenvalue weighted by atomic mass is 79.9. The fourth-order valence-electron chi connectivity index (χ4n) is 1.12. The van der Waals surface area contributed by atoms with Gasteiger partial charge in [0.05, 0.1) is 4.47 Å². The number of carboxylic acids is 1. The monoisotopic (exact) mass is 333 g/mol. The van der Waals surface area contributed by atoms with Gasteiger partial charge in [-0.1, -0.05) is 0 Å². The highest BCUT2D eigenvalue weighted by molar-refractivity contribution is 9.10. The van der Waals surface area contributed by atoms with Gasteiger partial charge in [0, 0.05) is 18.9 Å². The van der Waals surface area contributed by atoms with E-state index in [0.717, 1.165) is 0 Å². The predicted octanol–water partition coefficient (Wildman–Crippen LogP) is 1.23. The third-order valence-corrected chi connectivity index (χ3v) is 3.82. The molecule has 1 aromatic heterocycles. The molecule has 1 amide bonds. The summed E-state index contributed by atoms with van der Waals surface area (Å²) in [5.41, 5.74) is 0. The third-order valence-electron chi connectivity index (χ3n) is 1.89. The highest BCUT2D eigenvalue weighted by Gasteiger charge is 2.19. The molecule has 0 spiro atoms. The summed E-state index contributed by atoms with van der Waals surface area (Å²) in [6.45, 7) is 3.03. The number of halogens is 1. The Balaban J connectivity index is 2.69. The van der Waals surface area contributed by atoms with E-state index >= 15 is 0 Å². The van der Waals surface area contributed by atoms with Crippen molar-refractivity contribution in [2.45, 2.75) is 24.9 Å². The summed E-state index contributed by atoms with van der Waals surface area (Å²) in [6, 6.07) is -0.935. The quantitative estimate of drug-likeness (QED) is 0.622. The lowest BCUT2D eigenvalue weighted by Crippen LogP contribution is -2.41. The van der Waals surface area contributed by atoms with Gasteiger partial charge in [-0.15, -0.1) is 11.8 Å². The molecule has 1 aromatic rings. The van der Waals surface area contributed by atoms with Crippen LogP contribution in [0.5, 0.6) is 0 Å². The van der Waals surface area contributed by atoms with Crippen molar-refractivity contribution < 1.29 is 14.7 Å². The van der Waals surface area contributed by atoms with Crippen molar-refractivity contribution in [1.82, 2.24) is 15.3 Å². The van der Waals surface area contributed by atoms with Crippen molar-refractivity contribution in [3.63, 3.8) is 0 Å². The van der Waals surface area contributed by atoms with Crippen molar-refractivity contribution in [2.75, 3.05) is 5.75 Å². The SMILES string of the molecule is CC(=O)N[C@H](CSc1nc(C)ncc1Br)C(=O)O. The zero-order chi connectivity index (χ0) is 13.7. The van der Waals surface area contributed by atoms with Crippen LogP contribution in [0.3, 0.4) is 0 Å².